The van der Waals surface area contributed by atoms with Gasteiger partial charge in [-0.1, -0.05) is 35.0 Å². The molecule has 2 aromatic carbocycles. The first-order chi connectivity index (χ1) is 14.0. The Bertz CT molecular complexity index is 1190. The second-order valence-electron chi connectivity index (χ2n) is 6.33. The molecule has 148 valence electrons. The fourth-order valence-electron chi connectivity index (χ4n) is 3.00. The zero-order chi connectivity index (χ0) is 20.4. The van der Waals surface area contributed by atoms with Gasteiger partial charge >= 0.3 is 0 Å². The molecule has 0 fully saturated rings. The van der Waals surface area contributed by atoms with E-state index in [9.17, 15) is 4.79 Å². The fraction of sp³-hybridized carbons (Fsp3) is 0.211. The van der Waals surface area contributed by atoms with Gasteiger partial charge in [-0.25, -0.2) is 9.67 Å². The van der Waals surface area contributed by atoms with Crippen LogP contribution in [0.1, 0.15) is 12.7 Å². The first-order valence-corrected chi connectivity index (χ1v) is 10.6. The van der Waals surface area contributed by atoms with Gasteiger partial charge in [0.15, 0.2) is 0 Å². The van der Waals surface area contributed by atoms with Gasteiger partial charge in [0, 0.05) is 22.8 Å². The van der Waals surface area contributed by atoms with Gasteiger partial charge in [-0.15, -0.1) is 5.10 Å². The van der Waals surface area contributed by atoms with Gasteiger partial charge in [-0.2, -0.15) is 0 Å². The summed E-state index contributed by atoms with van der Waals surface area (Å²) in [7, 11) is 1.77. The van der Waals surface area contributed by atoms with Gasteiger partial charge in [0.1, 0.15) is 12.4 Å². The number of aromatic nitrogens is 6. The van der Waals surface area contributed by atoms with E-state index in [-0.39, 0.29) is 12.5 Å². The van der Waals surface area contributed by atoms with Crippen LogP contribution in [-0.4, -0.2) is 35.7 Å². The minimum absolute atomic E-state index is 0.126. The Labute approximate surface area is 179 Å². The first kappa shape index (κ1) is 19.6. The van der Waals surface area contributed by atoms with E-state index in [1.807, 2.05) is 54.0 Å². The van der Waals surface area contributed by atoms with Crippen LogP contribution in [0.25, 0.3) is 11.0 Å². The van der Waals surface area contributed by atoms with Gasteiger partial charge in [-0.3, -0.25) is 4.79 Å². The van der Waals surface area contributed by atoms with Crippen LogP contribution in [0.3, 0.4) is 0 Å². The van der Waals surface area contributed by atoms with Crippen molar-refractivity contribution in [2.45, 2.75) is 29.9 Å². The summed E-state index contributed by atoms with van der Waals surface area (Å²) in [5.74, 6) is 0.759. The van der Waals surface area contributed by atoms with Gasteiger partial charge in [-0.05, 0) is 52.5 Å². The van der Waals surface area contributed by atoms with Crippen molar-refractivity contribution in [1.29, 1.82) is 0 Å². The standard InChI is InChI=1S/C19H18BrN7OS/c1-3-17-21-13-6-4-5-7-15(13)27(17)11-18(28)22-14-10-12(20)8-9-16(14)29-19-23-24-25-26(19)2/h4-10H,3,11H2,1-2H3,(H,22,28). The van der Waals surface area contributed by atoms with Crippen molar-refractivity contribution in [1.82, 2.24) is 29.8 Å². The Hall–Kier alpha value is -2.72. The number of carbonyl (C=O) groups excluding carboxylic acids is 1. The number of rotatable bonds is 6. The highest BCUT2D eigenvalue weighted by Gasteiger charge is 2.15. The van der Waals surface area contributed by atoms with Crippen LogP contribution >= 0.6 is 27.7 Å². The van der Waals surface area contributed by atoms with Gasteiger partial charge in [0.2, 0.25) is 11.1 Å². The number of para-hydroxylation sites is 2. The average molecular weight is 472 g/mol. The first-order valence-electron chi connectivity index (χ1n) is 8.99. The number of imidazole rings is 1. The van der Waals surface area contributed by atoms with E-state index in [2.05, 4.69) is 41.8 Å². The maximum atomic E-state index is 12.9. The lowest BCUT2D eigenvalue weighted by molar-refractivity contribution is -0.116. The predicted molar refractivity (Wildman–Crippen MR) is 115 cm³/mol. The van der Waals surface area contributed by atoms with E-state index >= 15 is 0 Å². The molecule has 10 heteroatoms. The number of halogens is 1. The highest BCUT2D eigenvalue weighted by atomic mass is 79.9. The second kappa shape index (κ2) is 8.34. The van der Waals surface area contributed by atoms with Gasteiger partial charge in [0.25, 0.3) is 0 Å². The van der Waals surface area contributed by atoms with E-state index in [0.717, 1.165) is 32.6 Å². The predicted octanol–water partition coefficient (Wildman–Crippen LogP) is 3.67. The summed E-state index contributed by atoms with van der Waals surface area (Å²) in [5, 5.41) is 15.2. The maximum Gasteiger partial charge on any atom is 0.244 e. The smallest absolute Gasteiger partial charge is 0.244 e. The summed E-state index contributed by atoms with van der Waals surface area (Å²) in [6, 6.07) is 13.6. The molecule has 0 aliphatic rings. The number of benzene rings is 2. The number of nitrogens with zero attached hydrogens (tertiary/aromatic N) is 6. The quantitative estimate of drug-likeness (QED) is 0.461. The summed E-state index contributed by atoms with van der Waals surface area (Å²) in [5.41, 5.74) is 2.54. The Balaban J connectivity index is 1.59. The molecule has 1 N–H and O–H groups in total. The zero-order valence-corrected chi connectivity index (χ0v) is 18.2. The van der Waals surface area contributed by atoms with Gasteiger partial charge in [0.05, 0.1) is 16.7 Å². The number of aryl methyl sites for hydroxylation is 2. The van der Waals surface area contributed by atoms with Crippen LogP contribution in [0.4, 0.5) is 5.69 Å². The van der Waals surface area contributed by atoms with Crippen molar-refractivity contribution in [3.8, 4) is 0 Å². The second-order valence-corrected chi connectivity index (χ2v) is 8.26. The molecule has 29 heavy (non-hydrogen) atoms. The van der Waals surface area contributed by atoms with Crippen molar-refractivity contribution in [3.05, 3.63) is 52.8 Å². The summed E-state index contributed by atoms with van der Waals surface area (Å²) in [4.78, 5) is 18.4. The Kier molecular flexibility index (Phi) is 5.63. The number of nitrogens with one attached hydrogen (secondary N) is 1. The van der Waals surface area contributed by atoms with E-state index in [1.54, 1.807) is 11.7 Å². The third-order valence-electron chi connectivity index (χ3n) is 4.35. The third kappa shape index (κ3) is 4.18. The molecular formula is C19H18BrN7OS. The Morgan fingerprint density at radius 2 is 2.07 bits per heavy atom. The van der Waals surface area contributed by atoms with Crippen LogP contribution in [0.15, 0.2) is 57.0 Å². The van der Waals surface area contributed by atoms with E-state index in [0.29, 0.717) is 10.8 Å². The van der Waals surface area contributed by atoms with Crippen LogP contribution in [-0.2, 0) is 24.8 Å². The van der Waals surface area contributed by atoms with Gasteiger partial charge < -0.3 is 9.88 Å². The largest absolute Gasteiger partial charge is 0.323 e. The maximum absolute atomic E-state index is 12.9. The van der Waals surface area contributed by atoms with Crippen LogP contribution in [0, 0.1) is 0 Å². The zero-order valence-electron chi connectivity index (χ0n) is 15.8. The van der Waals surface area contributed by atoms with E-state index < -0.39 is 0 Å². The molecule has 0 aliphatic heterocycles. The molecule has 0 saturated heterocycles. The summed E-state index contributed by atoms with van der Waals surface area (Å²) < 4.78 is 4.42. The molecule has 8 nitrogen and oxygen atoms in total. The lowest BCUT2D eigenvalue weighted by Gasteiger charge is -2.12. The lowest BCUT2D eigenvalue weighted by atomic mass is 10.3. The molecule has 4 rings (SSSR count). The number of fused-ring (bicyclic) bond motifs is 1. The van der Waals surface area contributed by atoms with Crippen molar-refractivity contribution >= 4 is 50.3 Å². The molecule has 0 radical (unpaired) electrons. The molecule has 2 aromatic heterocycles. The minimum Gasteiger partial charge on any atom is -0.323 e. The van der Waals surface area contributed by atoms with Crippen LogP contribution in [0.2, 0.25) is 0 Å². The number of tetrazole rings is 1. The van der Waals surface area contributed by atoms with Crippen molar-refractivity contribution in [2.75, 3.05) is 5.32 Å². The van der Waals surface area contributed by atoms with E-state index in [1.165, 1.54) is 11.8 Å². The van der Waals surface area contributed by atoms with E-state index in [4.69, 9.17) is 0 Å². The number of amides is 1. The van der Waals surface area contributed by atoms with Crippen LogP contribution in [0.5, 0.6) is 0 Å². The highest BCUT2D eigenvalue weighted by molar-refractivity contribution is 9.10. The van der Waals surface area contributed by atoms with Crippen LogP contribution < -0.4 is 5.32 Å². The number of hydrogen-bond donors (Lipinski definition) is 1. The number of hydrogen-bond acceptors (Lipinski definition) is 6. The summed E-state index contributed by atoms with van der Waals surface area (Å²) in [6.45, 7) is 2.22. The number of anilines is 1. The van der Waals surface area contributed by atoms with Crippen molar-refractivity contribution < 1.29 is 4.79 Å². The lowest BCUT2D eigenvalue weighted by Crippen LogP contribution is -2.20. The molecule has 0 unspecified atom stereocenters. The van der Waals surface area contributed by atoms with Crippen molar-refractivity contribution in [2.24, 2.45) is 7.05 Å². The molecule has 0 bridgehead atoms. The molecule has 0 atom stereocenters. The van der Waals surface area contributed by atoms with Crippen molar-refractivity contribution in [3.63, 3.8) is 0 Å². The fourth-order valence-corrected chi connectivity index (χ4v) is 4.16. The Morgan fingerprint density at radius 3 is 2.83 bits per heavy atom. The Morgan fingerprint density at radius 1 is 1.24 bits per heavy atom. The average Bonchev–Trinajstić information content (AvgIpc) is 3.27. The molecule has 0 aliphatic carbocycles. The SMILES string of the molecule is CCc1nc2ccccc2n1CC(=O)Nc1cc(Br)ccc1Sc1nnnn1C. The highest BCUT2D eigenvalue weighted by Crippen LogP contribution is 2.34. The molecule has 1 amide bonds. The topological polar surface area (TPSA) is 90.5 Å². The minimum atomic E-state index is -0.126. The molecule has 2 heterocycles. The molecule has 4 aromatic rings. The normalized spacial score (nSPS) is 11.1. The molecular weight excluding hydrogens is 454 g/mol. The summed E-state index contributed by atoms with van der Waals surface area (Å²) >= 11 is 4.86. The summed E-state index contributed by atoms with van der Waals surface area (Å²) in [6.07, 6.45) is 0.749. The molecule has 0 spiro atoms. The monoisotopic (exact) mass is 471 g/mol. The molecule has 0 saturated carbocycles. The third-order valence-corrected chi connectivity index (χ3v) is 5.95. The number of carbonyl (C=O) groups is 1.